The summed E-state index contributed by atoms with van der Waals surface area (Å²) in [6.45, 7) is 7.04. The van der Waals surface area contributed by atoms with Crippen molar-refractivity contribution in [3.8, 4) is 0 Å². The second kappa shape index (κ2) is 8.79. The van der Waals surface area contributed by atoms with Gasteiger partial charge in [0.2, 0.25) is 0 Å². The zero-order valence-corrected chi connectivity index (χ0v) is 16.5. The molecule has 0 spiro atoms. The molecule has 1 aliphatic heterocycles. The van der Waals surface area contributed by atoms with Gasteiger partial charge in [0.1, 0.15) is 0 Å². The maximum Gasteiger partial charge on any atom is 0.168 e. The number of aromatic nitrogens is 4. The van der Waals surface area contributed by atoms with Crippen LogP contribution in [0.3, 0.4) is 0 Å². The number of nitrogens with zero attached hydrogens (tertiary/aromatic N) is 6. The summed E-state index contributed by atoms with van der Waals surface area (Å²) in [5.41, 5.74) is 0. The Labute approximate surface area is 158 Å². The van der Waals surface area contributed by atoms with Gasteiger partial charge in [0.25, 0.3) is 0 Å². The molecule has 2 saturated carbocycles. The molecule has 4 rings (SSSR count). The van der Waals surface area contributed by atoms with Gasteiger partial charge in [-0.25, -0.2) is 4.68 Å². The van der Waals surface area contributed by atoms with Gasteiger partial charge in [0, 0.05) is 32.2 Å². The minimum Gasteiger partial charge on any atom is -0.298 e. The predicted molar refractivity (Wildman–Crippen MR) is 103 cm³/mol. The Morgan fingerprint density at radius 2 is 1.46 bits per heavy atom. The molecule has 146 valence electrons. The molecular formula is C20H36N6. The summed E-state index contributed by atoms with van der Waals surface area (Å²) in [5.74, 6) is 1.12. The molecule has 1 aromatic heterocycles. The average molecular weight is 361 g/mol. The van der Waals surface area contributed by atoms with Crippen molar-refractivity contribution < 1.29 is 0 Å². The van der Waals surface area contributed by atoms with E-state index in [9.17, 15) is 0 Å². The molecule has 1 aromatic rings. The molecule has 2 heterocycles. The number of tetrazole rings is 1. The Balaban J connectivity index is 1.40. The standard InChI is InChI=1S/C20H36N6/c1-2-19(20-21-22-23-26(20)18-11-7-4-8-12-18)25-15-13-24(14-16-25)17-9-5-3-6-10-17/h17-19H,2-16H2,1H3. The number of hydrogen-bond donors (Lipinski definition) is 0. The van der Waals surface area contributed by atoms with Crippen LogP contribution in [-0.2, 0) is 0 Å². The Morgan fingerprint density at radius 1 is 0.846 bits per heavy atom. The zero-order valence-electron chi connectivity index (χ0n) is 16.5. The van der Waals surface area contributed by atoms with Crippen molar-refractivity contribution in [2.45, 2.75) is 95.7 Å². The van der Waals surface area contributed by atoms with Gasteiger partial charge < -0.3 is 0 Å². The molecule has 0 bridgehead atoms. The van der Waals surface area contributed by atoms with Crippen molar-refractivity contribution in [3.63, 3.8) is 0 Å². The molecule has 0 aromatic carbocycles. The van der Waals surface area contributed by atoms with E-state index in [2.05, 4.69) is 36.9 Å². The fourth-order valence-electron chi connectivity index (χ4n) is 5.47. The van der Waals surface area contributed by atoms with Crippen LogP contribution in [0, 0.1) is 0 Å². The highest BCUT2D eigenvalue weighted by Gasteiger charge is 2.32. The lowest BCUT2D eigenvalue weighted by molar-refractivity contribution is 0.0507. The van der Waals surface area contributed by atoms with Crippen LogP contribution < -0.4 is 0 Å². The second-order valence-electron chi connectivity index (χ2n) is 8.56. The van der Waals surface area contributed by atoms with E-state index >= 15 is 0 Å². The van der Waals surface area contributed by atoms with Gasteiger partial charge in [-0.1, -0.05) is 45.4 Å². The monoisotopic (exact) mass is 360 g/mol. The number of rotatable bonds is 5. The maximum absolute atomic E-state index is 4.49. The molecule has 26 heavy (non-hydrogen) atoms. The first-order chi connectivity index (χ1) is 12.9. The Hall–Kier alpha value is -1.01. The maximum atomic E-state index is 4.49. The molecule has 3 aliphatic rings. The minimum atomic E-state index is 0.375. The predicted octanol–water partition coefficient (Wildman–Crippen LogP) is 3.58. The summed E-state index contributed by atoms with van der Waals surface area (Å²) in [5, 5.41) is 13.0. The third-order valence-electron chi connectivity index (χ3n) is 7.00. The lowest BCUT2D eigenvalue weighted by Crippen LogP contribution is -2.51. The molecular weight excluding hydrogens is 324 g/mol. The summed E-state index contributed by atoms with van der Waals surface area (Å²) >= 11 is 0. The van der Waals surface area contributed by atoms with Crippen LogP contribution in [0.15, 0.2) is 0 Å². The van der Waals surface area contributed by atoms with Gasteiger partial charge in [0.05, 0.1) is 12.1 Å². The van der Waals surface area contributed by atoms with Crippen molar-refractivity contribution in [2.75, 3.05) is 26.2 Å². The molecule has 0 N–H and O–H groups in total. The van der Waals surface area contributed by atoms with Gasteiger partial charge in [0.15, 0.2) is 5.82 Å². The van der Waals surface area contributed by atoms with E-state index in [1.54, 1.807) is 0 Å². The highest BCUT2D eigenvalue weighted by atomic mass is 15.6. The third kappa shape index (κ3) is 3.96. The molecule has 6 heteroatoms. The van der Waals surface area contributed by atoms with Crippen LogP contribution in [-0.4, -0.2) is 62.2 Å². The third-order valence-corrected chi connectivity index (χ3v) is 7.00. The summed E-state index contributed by atoms with van der Waals surface area (Å²) in [7, 11) is 0. The largest absolute Gasteiger partial charge is 0.298 e. The lowest BCUT2D eigenvalue weighted by Gasteiger charge is -2.43. The molecule has 1 unspecified atom stereocenters. The van der Waals surface area contributed by atoms with E-state index < -0.39 is 0 Å². The highest BCUT2D eigenvalue weighted by molar-refractivity contribution is 4.97. The van der Waals surface area contributed by atoms with E-state index in [0.717, 1.165) is 31.4 Å². The molecule has 6 nitrogen and oxygen atoms in total. The second-order valence-corrected chi connectivity index (χ2v) is 8.56. The van der Waals surface area contributed by atoms with Crippen LogP contribution in [0.1, 0.15) is 95.5 Å². The average Bonchev–Trinajstić information content (AvgIpc) is 3.20. The summed E-state index contributed by atoms with van der Waals surface area (Å²) < 4.78 is 2.18. The van der Waals surface area contributed by atoms with E-state index in [-0.39, 0.29) is 0 Å². The van der Waals surface area contributed by atoms with Crippen LogP contribution in [0.5, 0.6) is 0 Å². The Kier molecular flexibility index (Phi) is 6.20. The normalized spacial score (nSPS) is 26.2. The van der Waals surface area contributed by atoms with Crippen LogP contribution >= 0.6 is 0 Å². The number of piperazine rings is 1. The fourth-order valence-corrected chi connectivity index (χ4v) is 5.47. The fraction of sp³-hybridized carbons (Fsp3) is 0.950. The molecule has 0 radical (unpaired) electrons. The first-order valence-electron chi connectivity index (χ1n) is 11.1. The van der Waals surface area contributed by atoms with Crippen molar-refractivity contribution in [2.24, 2.45) is 0 Å². The molecule has 0 amide bonds. The van der Waals surface area contributed by atoms with Gasteiger partial charge in [-0.3, -0.25) is 9.80 Å². The lowest BCUT2D eigenvalue weighted by atomic mass is 9.93. The quantitative estimate of drug-likeness (QED) is 0.803. The van der Waals surface area contributed by atoms with Crippen molar-refractivity contribution in [3.05, 3.63) is 5.82 Å². The van der Waals surface area contributed by atoms with Crippen LogP contribution in [0.4, 0.5) is 0 Å². The first-order valence-corrected chi connectivity index (χ1v) is 11.1. The van der Waals surface area contributed by atoms with E-state index in [0.29, 0.717) is 12.1 Å². The molecule has 1 saturated heterocycles. The topological polar surface area (TPSA) is 50.1 Å². The van der Waals surface area contributed by atoms with Gasteiger partial charge in [-0.15, -0.1) is 5.10 Å². The minimum absolute atomic E-state index is 0.375. The van der Waals surface area contributed by atoms with Crippen LogP contribution in [0.25, 0.3) is 0 Å². The number of hydrogen-bond acceptors (Lipinski definition) is 5. The molecule has 2 aliphatic carbocycles. The summed E-state index contributed by atoms with van der Waals surface area (Å²) in [6, 6.07) is 1.74. The Morgan fingerprint density at radius 3 is 2.08 bits per heavy atom. The molecule has 1 atom stereocenters. The smallest absolute Gasteiger partial charge is 0.168 e. The van der Waals surface area contributed by atoms with Gasteiger partial charge in [-0.2, -0.15) is 0 Å². The van der Waals surface area contributed by atoms with Crippen molar-refractivity contribution in [1.82, 2.24) is 30.0 Å². The summed E-state index contributed by atoms with van der Waals surface area (Å²) in [6.07, 6.45) is 14.7. The van der Waals surface area contributed by atoms with E-state index in [1.165, 1.54) is 77.3 Å². The highest BCUT2D eigenvalue weighted by Crippen LogP contribution is 2.32. The Bertz CT molecular complexity index is 538. The van der Waals surface area contributed by atoms with E-state index in [1.807, 2.05) is 0 Å². The summed E-state index contributed by atoms with van der Waals surface area (Å²) in [4.78, 5) is 5.40. The van der Waals surface area contributed by atoms with Gasteiger partial charge in [-0.05, 0) is 42.5 Å². The molecule has 3 fully saturated rings. The van der Waals surface area contributed by atoms with Crippen LogP contribution in [0.2, 0.25) is 0 Å². The van der Waals surface area contributed by atoms with Crippen molar-refractivity contribution >= 4 is 0 Å². The first kappa shape index (κ1) is 18.4. The van der Waals surface area contributed by atoms with Crippen molar-refractivity contribution in [1.29, 1.82) is 0 Å². The van der Waals surface area contributed by atoms with E-state index in [4.69, 9.17) is 0 Å². The van der Waals surface area contributed by atoms with Gasteiger partial charge >= 0.3 is 0 Å². The SMILES string of the molecule is CCC(c1nnnn1C1CCCCC1)N1CCN(C2CCCCC2)CC1. The zero-order chi connectivity index (χ0) is 17.8.